The molecule has 5 heteroatoms. The molecule has 1 aromatic heterocycles. The standard InChI is InChI=1S/C14H21FN2O2/c1-9(2)12-10(15)7-8-11(16-12)17(6)13(18)19-14(3,4)5/h7-9H,1-6H3. The molecule has 106 valence electrons. The van der Waals surface area contributed by atoms with Crippen LogP contribution in [-0.4, -0.2) is 23.7 Å². The molecule has 0 aliphatic rings. The van der Waals surface area contributed by atoms with Gasteiger partial charge in [-0.05, 0) is 38.8 Å². The lowest BCUT2D eigenvalue weighted by Gasteiger charge is -2.24. The van der Waals surface area contributed by atoms with E-state index in [1.165, 1.54) is 17.0 Å². The average molecular weight is 268 g/mol. The normalized spacial score (nSPS) is 11.6. The third-order valence-electron chi connectivity index (χ3n) is 2.42. The van der Waals surface area contributed by atoms with Gasteiger partial charge in [0.1, 0.15) is 17.2 Å². The molecule has 0 N–H and O–H groups in total. The first-order chi connectivity index (χ1) is 8.61. The number of nitrogens with zero attached hydrogens (tertiary/aromatic N) is 2. The molecule has 0 aliphatic carbocycles. The maximum absolute atomic E-state index is 13.6. The summed E-state index contributed by atoms with van der Waals surface area (Å²) in [6.45, 7) is 9.06. The minimum atomic E-state index is -0.577. The summed E-state index contributed by atoms with van der Waals surface area (Å²) >= 11 is 0. The minimum absolute atomic E-state index is 0.0491. The van der Waals surface area contributed by atoms with Gasteiger partial charge in [-0.15, -0.1) is 0 Å². The van der Waals surface area contributed by atoms with Crippen LogP contribution in [0.25, 0.3) is 0 Å². The van der Waals surface area contributed by atoms with Gasteiger partial charge in [-0.2, -0.15) is 0 Å². The average Bonchev–Trinajstić information content (AvgIpc) is 2.26. The van der Waals surface area contributed by atoms with Crippen molar-refractivity contribution in [1.29, 1.82) is 0 Å². The van der Waals surface area contributed by atoms with Gasteiger partial charge >= 0.3 is 6.09 Å². The van der Waals surface area contributed by atoms with Gasteiger partial charge in [0.2, 0.25) is 0 Å². The van der Waals surface area contributed by atoms with Gasteiger partial charge in [0.05, 0.1) is 5.69 Å². The van der Waals surface area contributed by atoms with Crippen LogP contribution >= 0.6 is 0 Å². The third-order valence-corrected chi connectivity index (χ3v) is 2.42. The first-order valence-electron chi connectivity index (χ1n) is 6.25. The van der Waals surface area contributed by atoms with Crippen molar-refractivity contribution in [1.82, 2.24) is 4.98 Å². The molecule has 1 aromatic rings. The number of amides is 1. The molecular formula is C14H21FN2O2. The van der Waals surface area contributed by atoms with E-state index in [-0.39, 0.29) is 11.7 Å². The fraction of sp³-hybridized carbons (Fsp3) is 0.571. The second kappa shape index (κ2) is 5.55. The van der Waals surface area contributed by atoms with Gasteiger partial charge in [-0.25, -0.2) is 14.2 Å². The molecule has 0 saturated carbocycles. The SMILES string of the molecule is CC(C)c1nc(N(C)C(=O)OC(C)(C)C)ccc1F. The Balaban J connectivity index is 2.97. The fourth-order valence-corrected chi connectivity index (χ4v) is 1.46. The van der Waals surface area contributed by atoms with E-state index in [1.807, 2.05) is 13.8 Å². The van der Waals surface area contributed by atoms with Crippen LogP contribution in [0.2, 0.25) is 0 Å². The molecule has 0 unspecified atom stereocenters. The summed E-state index contributed by atoms with van der Waals surface area (Å²) < 4.78 is 18.8. The van der Waals surface area contributed by atoms with Crippen molar-refractivity contribution in [3.8, 4) is 0 Å². The maximum Gasteiger partial charge on any atom is 0.415 e. The number of carbonyl (C=O) groups is 1. The lowest BCUT2D eigenvalue weighted by molar-refractivity contribution is 0.0588. The van der Waals surface area contributed by atoms with Crippen molar-refractivity contribution in [2.75, 3.05) is 11.9 Å². The van der Waals surface area contributed by atoms with E-state index >= 15 is 0 Å². The van der Waals surface area contributed by atoms with Crippen LogP contribution in [0.5, 0.6) is 0 Å². The zero-order chi connectivity index (χ0) is 14.8. The van der Waals surface area contributed by atoms with Crippen molar-refractivity contribution in [3.05, 3.63) is 23.6 Å². The predicted octanol–water partition coefficient (Wildman–Crippen LogP) is 3.72. The number of rotatable bonds is 2. The summed E-state index contributed by atoms with van der Waals surface area (Å²) in [5, 5.41) is 0. The van der Waals surface area contributed by atoms with Gasteiger partial charge in [0.15, 0.2) is 0 Å². The van der Waals surface area contributed by atoms with Gasteiger partial charge in [0.25, 0.3) is 0 Å². The Morgan fingerprint density at radius 1 is 1.37 bits per heavy atom. The van der Waals surface area contributed by atoms with Crippen molar-refractivity contribution in [3.63, 3.8) is 0 Å². The second-order valence-corrected chi connectivity index (χ2v) is 5.73. The molecule has 19 heavy (non-hydrogen) atoms. The molecule has 4 nitrogen and oxygen atoms in total. The molecule has 0 fully saturated rings. The zero-order valence-corrected chi connectivity index (χ0v) is 12.3. The second-order valence-electron chi connectivity index (χ2n) is 5.73. The van der Waals surface area contributed by atoms with Gasteiger partial charge in [0, 0.05) is 7.05 Å². The van der Waals surface area contributed by atoms with Crippen LogP contribution in [-0.2, 0) is 4.74 Å². The first-order valence-corrected chi connectivity index (χ1v) is 6.25. The van der Waals surface area contributed by atoms with E-state index in [1.54, 1.807) is 27.8 Å². The molecule has 0 spiro atoms. The summed E-state index contributed by atoms with van der Waals surface area (Å²) in [7, 11) is 1.55. The molecule has 0 bridgehead atoms. The number of anilines is 1. The van der Waals surface area contributed by atoms with Gasteiger partial charge < -0.3 is 4.74 Å². The highest BCUT2D eigenvalue weighted by atomic mass is 19.1. The summed E-state index contributed by atoms with van der Waals surface area (Å²) in [5.41, 5.74) is -0.236. The third kappa shape index (κ3) is 4.19. The van der Waals surface area contributed by atoms with Crippen LogP contribution in [0.3, 0.4) is 0 Å². The Bertz CT molecular complexity index is 467. The van der Waals surface area contributed by atoms with E-state index in [9.17, 15) is 9.18 Å². The molecule has 0 radical (unpaired) electrons. The van der Waals surface area contributed by atoms with Crippen LogP contribution in [0, 0.1) is 5.82 Å². The number of ether oxygens (including phenoxy) is 1. The van der Waals surface area contributed by atoms with E-state index in [0.29, 0.717) is 11.5 Å². The highest BCUT2D eigenvalue weighted by Crippen LogP contribution is 2.21. The monoisotopic (exact) mass is 268 g/mol. The molecular weight excluding hydrogens is 247 g/mol. The molecule has 1 heterocycles. The van der Waals surface area contributed by atoms with E-state index in [0.717, 1.165) is 0 Å². The number of hydrogen-bond donors (Lipinski definition) is 0. The van der Waals surface area contributed by atoms with Crippen molar-refractivity contribution in [2.24, 2.45) is 0 Å². The van der Waals surface area contributed by atoms with E-state index < -0.39 is 11.7 Å². The number of halogens is 1. The largest absolute Gasteiger partial charge is 0.443 e. The van der Waals surface area contributed by atoms with Gasteiger partial charge in [-0.1, -0.05) is 13.8 Å². The Labute approximate surface area is 113 Å². The molecule has 0 aromatic carbocycles. The maximum atomic E-state index is 13.6. The smallest absolute Gasteiger partial charge is 0.415 e. The Kier molecular flexibility index (Phi) is 4.50. The van der Waals surface area contributed by atoms with Crippen LogP contribution in [0.4, 0.5) is 15.0 Å². The fourth-order valence-electron chi connectivity index (χ4n) is 1.46. The molecule has 0 aliphatic heterocycles. The summed E-state index contributed by atoms with van der Waals surface area (Å²) in [4.78, 5) is 17.3. The minimum Gasteiger partial charge on any atom is -0.443 e. The number of carbonyl (C=O) groups excluding carboxylic acids is 1. The highest BCUT2D eigenvalue weighted by molar-refractivity contribution is 5.85. The lowest BCUT2D eigenvalue weighted by Crippen LogP contribution is -2.34. The summed E-state index contributed by atoms with van der Waals surface area (Å²) in [5.74, 6) is -0.0392. The summed E-state index contributed by atoms with van der Waals surface area (Å²) in [6, 6.07) is 2.78. The highest BCUT2D eigenvalue weighted by Gasteiger charge is 2.22. The van der Waals surface area contributed by atoms with Crippen molar-refractivity contribution >= 4 is 11.9 Å². The summed E-state index contributed by atoms with van der Waals surface area (Å²) in [6.07, 6.45) is -0.513. The molecule has 0 atom stereocenters. The molecule has 1 amide bonds. The van der Waals surface area contributed by atoms with E-state index in [2.05, 4.69) is 4.98 Å². The Hall–Kier alpha value is -1.65. The predicted molar refractivity (Wildman–Crippen MR) is 72.9 cm³/mol. The number of aromatic nitrogens is 1. The Morgan fingerprint density at radius 2 is 1.95 bits per heavy atom. The quantitative estimate of drug-likeness (QED) is 0.821. The first kappa shape index (κ1) is 15.4. The topological polar surface area (TPSA) is 42.4 Å². The lowest BCUT2D eigenvalue weighted by atomic mass is 10.1. The molecule has 1 rings (SSSR count). The number of hydrogen-bond acceptors (Lipinski definition) is 3. The molecule has 0 saturated heterocycles. The van der Waals surface area contributed by atoms with Crippen molar-refractivity contribution < 1.29 is 13.9 Å². The van der Waals surface area contributed by atoms with Crippen molar-refractivity contribution in [2.45, 2.75) is 46.1 Å². The van der Waals surface area contributed by atoms with Crippen LogP contribution in [0.15, 0.2) is 12.1 Å². The van der Waals surface area contributed by atoms with Crippen LogP contribution < -0.4 is 4.90 Å². The zero-order valence-electron chi connectivity index (χ0n) is 12.3. The van der Waals surface area contributed by atoms with Crippen LogP contribution in [0.1, 0.15) is 46.2 Å². The Morgan fingerprint density at radius 3 is 2.42 bits per heavy atom. The van der Waals surface area contributed by atoms with E-state index in [4.69, 9.17) is 4.74 Å². The number of pyridine rings is 1. The van der Waals surface area contributed by atoms with Gasteiger partial charge in [-0.3, -0.25) is 4.90 Å².